The summed E-state index contributed by atoms with van der Waals surface area (Å²) in [4.78, 5) is 24.1. The van der Waals surface area contributed by atoms with Gasteiger partial charge in [0.2, 0.25) is 0 Å². The van der Waals surface area contributed by atoms with E-state index in [0.29, 0.717) is 11.6 Å². The molecule has 19 heavy (non-hydrogen) atoms. The van der Waals surface area contributed by atoms with Crippen LogP contribution in [0.4, 0.5) is 4.79 Å². The standard InChI is InChI=1S/C13H15NO4S/c15-12(16)6-11-8-19-9-14(11)13(17)18-7-10-4-2-1-3-5-10/h1-5,11H,6-9H2,(H,15,16)/t11-/m0/s1. The van der Waals surface area contributed by atoms with Gasteiger partial charge in [0.25, 0.3) is 0 Å². The van der Waals surface area contributed by atoms with Gasteiger partial charge in [-0.1, -0.05) is 30.3 Å². The van der Waals surface area contributed by atoms with Gasteiger partial charge in [-0.2, -0.15) is 0 Å². The number of carbonyl (C=O) groups excluding carboxylic acids is 1. The highest BCUT2D eigenvalue weighted by Gasteiger charge is 2.31. The molecule has 1 aromatic rings. The van der Waals surface area contributed by atoms with Gasteiger partial charge < -0.3 is 9.84 Å². The Morgan fingerprint density at radius 1 is 1.37 bits per heavy atom. The van der Waals surface area contributed by atoms with E-state index in [1.54, 1.807) is 11.8 Å². The van der Waals surface area contributed by atoms with Gasteiger partial charge in [0.1, 0.15) is 6.61 Å². The maximum Gasteiger partial charge on any atom is 0.411 e. The summed E-state index contributed by atoms with van der Waals surface area (Å²) in [6.07, 6.45) is -0.479. The number of hydrogen-bond acceptors (Lipinski definition) is 4. The van der Waals surface area contributed by atoms with Crippen LogP contribution >= 0.6 is 11.8 Å². The fraction of sp³-hybridized carbons (Fsp3) is 0.385. The molecule has 0 radical (unpaired) electrons. The number of benzene rings is 1. The minimum Gasteiger partial charge on any atom is -0.481 e. The van der Waals surface area contributed by atoms with Crippen LogP contribution in [0.2, 0.25) is 0 Å². The Kier molecular flexibility index (Phi) is 4.68. The second kappa shape index (κ2) is 6.47. The van der Waals surface area contributed by atoms with Crippen molar-refractivity contribution < 1.29 is 19.4 Å². The topological polar surface area (TPSA) is 66.8 Å². The van der Waals surface area contributed by atoms with E-state index in [9.17, 15) is 9.59 Å². The molecule has 0 aliphatic carbocycles. The molecule has 1 aliphatic rings. The Morgan fingerprint density at radius 2 is 2.11 bits per heavy atom. The third-order valence-corrected chi connectivity index (χ3v) is 3.91. The average Bonchev–Trinajstić information content (AvgIpc) is 2.84. The average molecular weight is 281 g/mol. The van der Waals surface area contributed by atoms with Crippen LogP contribution in [0, 0.1) is 0 Å². The zero-order valence-corrected chi connectivity index (χ0v) is 11.1. The number of carbonyl (C=O) groups is 2. The molecule has 0 spiro atoms. The second-order valence-electron chi connectivity index (χ2n) is 4.26. The Balaban J connectivity index is 1.87. The summed E-state index contributed by atoms with van der Waals surface area (Å²) in [5.41, 5.74) is 0.914. The summed E-state index contributed by atoms with van der Waals surface area (Å²) in [7, 11) is 0. The summed E-state index contributed by atoms with van der Waals surface area (Å²) >= 11 is 1.54. The smallest absolute Gasteiger partial charge is 0.411 e. The molecule has 1 amide bonds. The minimum atomic E-state index is -0.895. The molecule has 1 fully saturated rings. The van der Waals surface area contributed by atoms with Crippen LogP contribution in [0.3, 0.4) is 0 Å². The Bertz CT molecular complexity index is 451. The number of carboxylic acid groups (broad SMARTS) is 1. The highest BCUT2D eigenvalue weighted by Crippen LogP contribution is 2.24. The lowest BCUT2D eigenvalue weighted by molar-refractivity contribution is -0.137. The first kappa shape index (κ1) is 13.7. The Labute approximate surface area is 115 Å². The predicted octanol–water partition coefficient (Wildman–Crippen LogP) is 2.17. The predicted molar refractivity (Wildman–Crippen MR) is 71.8 cm³/mol. The van der Waals surface area contributed by atoms with Crippen LogP contribution in [0.5, 0.6) is 0 Å². The third kappa shape index (κ3) is 3.89. The molecule has 5 nitrogen and oxygen atoms in total. The second-order valence-corrected chi connectivity index (χ2v) is 5.26. The molecular weight excluding hydrogens is 266 g/mol. The number of nitrogens with zero attached hydrogens (tertiary/aromatic N) is 1. The van der Waals surface area contributed by atoms with E-state index in [4.69, 9.17) is 9.84 Å². The number of carboxylic acids is 1. The zero-order valence-electron chi connectivity index (χ0n) is 10.3. The van der Waals surface area contributed by atoms with Crippen LogP contribution in [-0.2, 0) is 16.1 Å². The Hall–Kier alpha value is -1.69. The molecule has 6 heteroatoms. The number of amides is 1. The first-order chi connectivity index (χ1) is 9.16. The van der Waals surface area contributed by atoms with Crippen LogP contribution in [0.25, 0.3) is 0 Å². The van der Waals surface area contributed by atoms with Gasteiger partial charge >= 0.3 is 12.1 Å². The van der Waals surface area contributed by atoms with Crippen molar-refractivity contribution >= 4 is 23.8 Å². The summed E-state index contributed by atoms with van der Waals surface area (Å²) < 4.78 is 5.20. The molecule has 1 aliphatic heterocycles. The van der Waals surface area contributed by atoms with E-state index in [1.807, 2.05) is 30.3 Å². The monoisotopic (exact) mass is 281 g/mol. The summed E-state index contributed by atoms with van der Waals surface area (Å²) in [5.74, 6) is 0.242. The SMILES string of the molecule is O=C(O)C[C@H]1CSCN1C(=O)OCc1ccccc1. The van der Waals surface area contributed by atoms with E-state index in [-0.39, 0.29) is 19.1 Å². The molecule has 1 N–H and O–H groups in total. The highest BCUT2D eigenvalue weighted by molar-refractivity contribution is 7.99. The van der Waals surface area contributed by atoms with Gasteiger partial charge in [0.15, 0.2) is 0 Å². The van der Waals surface area contributed by atoms with Gasteiger partial charge in [0, 0.05) is 5.75 Å². The fourth-order valence-corrected chi connectivity index (χ4v) is 3.05. The van der Waals surface area contributed by atoms with Gasteiger partial charge in [-0.3, -0.25) is 9.69 Å². The number of aliphatic carboxylic acids is 1. The Morgan fingerprint density at radius 3 is 2.79 bits per heavy atom. The largest absolute Gasteiger partial charge is 0.481 e. The van der Waals surface area contributed by atoms with Gasteiger partial charge in [-0.25, -0.2) is 4.79 Å². The van der Waals surface area contributed by atoms with E-state index >= 15 is 0 Å². The van der Waals surface area contributed by atoms with Crippen molar-refractivity contribution in [2.45, 2.75) is 19.1 Å². The summed E-state index contributed by atoms with van der Waals surface area (Å²) in [6, 6.07) is 9.13. The van der Waals surface area contributed by atoms with Crippen LogP contribution in [0.15, 0.2) is 30.3 Å². The van der Waals surface area contributed by atoms with E-state index in [1.165, 1.54) is 4.90 Å². The lowest BCUT2D eigenvalue weighted by Gasteiger charge is -2.21. The highest BCUT2D eigenvalue weighted by atomic mass is 32.2. The first-order valence-corrected chi connectivity index (χ1v) is 7.09. The lowest BCUT2D eigenvalue weighted by atomic mass is 10.2. The number of thioether (sulfide) groups is 1. The molecule has 0 unspecified atom stereocenters. The van der Waals surface area contributed by atoms with E-state index in [2.05, 4.69) is 0 Å². The van der Waals surface area contributed by atoms with Crippen molar-refractivity contribution in [3.63, 3.8) is 0 Å². The zero-order chi connectivity index (χ0) is 13.7. The minimum absolute atomic E-state index is 0.0343. The van der Waals surface area contributed by atoms with Crippen molar-refractivity contribution in [2.75, 3.05) is 11.6 Å². The maximum atomic E-state index is 11.9. The molecule has 2 rings (SSSR count). The van der Waals surface area contributed by atoms with Crippen LogP contribution in [-0.4, -0.2) is 39.7 Å². The normalized spacial score (nSPS) is 18.3. The molecule has 1 heterocycles. The van der Waals surface area contributed by atoms with Gasteiger partial charge in [-0.15, -0.1) is 11.8 Å². The van der Waals surface area contributed by atoms with Crippen LogP contribution in [0.1, 0.15) is 12.0 Å². The van der Waals surface area contributed by atoms with E-state index < -0.39 is 12.1 Å². The number of rotatable bonds is 4. The molecule has 1 saturated heterocycles. The maximum absolute atomic E-state index is 11.9. The molecule has 1 aromatic carbocycles. The van der Waals surface area contributed by atoms with Crippen LogP contribution < -0.4 is 0 Å². The fourth-order valence-electron chi connectivity index (χ4n) is 1.86. The van der Waals surface area contributed by atoms with Crippen molar-refractivity contribution in [3.8, 4) is 0 Å². The summed E-state index contributed by atoms with van der Waals surface area (Å²) in [6.45, 7) is 0.209. The van der Waals surface area contributed by atoms with Gasteiger partial charge in [0.05, 0.1) is 18.3 Å². The number of hydrogen-bond donors (Lipinski definition) is 1. The van der Waals surface area contributed by atoms with Crippen molar-refractivity contribution in [3.05, 3.63) is 35.9 Å². The van der Waals surface area contributed by atoms with Crippen molar-refractivity contribution in [1.29, 1.82) is 0 Å². The molecule has 1 atom stereocenters. The molecular formula is C13H15NO4S. The van der Waals surface area contributed by atoms with Gasteiger partial charge in [-0.05, 0) is 5.56 Å². The number of ether oxygens (including phenoxy) is 1. The third-order valence-electron chi connectivity index (χ3n) is 2.83. The molecule has 0 bridgehead atoms. The molecule has 0 saturated carbocycles. The lowest BCUT2D eigenvalue weighted by Crippen LogP contribution is -2.38. The first-order valence-electron chi connectivity index (χ1n) is 5.93. The summed E-state index contributed by atoms with van der Waals surface area (Å²) in [5, 5.41) is 8.79. The quantitative estimate of drug-likeness (QED) is 0.916. The van der Waals surface area contributed by atoms with E-state index in [0.717, 1.165) is 5.56 Å². The molecule has 0 aromatic heterocycles. The molecule has 102 valence electrons. The van der Waals surface area contributed by atoms with Crippen molar-refractivity contribution in [1.82, 2.24) is 4.90 Å². The van der Waals surface area contributed by atoms with Crippen molar-refractivity contribution in [2.24, 2.45) is 0 Å².